The average molecular weight is 314 g/mol. The van der Waals surface area contributed by atoms with Gasteiger partial charge >= 0.3 is 0 Å². The zero-order valence-corrected chi connectivity index (χ0v) is 14.6. The van der Waals surface area contributed by atoms with Gasteiger partial charge in [0.25, 0.3) is 0 Å². The van der Waals surface area contributed by atoms with E-state index in [1.807, 2.05) is 12.1 Å². The van der Waals surface area contributed by atoms with Crippen molar-refractivity contribution in [1.29, 1.82) is 0 Å². The van der Waals surface area contributed by atoms with E-state index < -0.39 is 0 Å². The predicted molar refractivity (Wildman–Crippen MR) is 90.6 cm³/mol. The Morgan fingerprint density at radius 3 is 2.33 bits per heavy atom. The maximum Gasteiger partial charge on any atom is 0.145 e. The molecule has 0 aliphatic carbocycles. The molecular formula is C18H29ClFN. The number of nitrogens with one attached hydrogen (secondary N) is 1. The molecule has 0 saturated carbocycles. The van der Waals surface area contributed by atoms with Crippen LogP contribution in [0.4, 0.5) is 4.39 Å². The van der Waals surface area contributed by atoms with E-state index in [2.05, 4.69) is 33.0 Å². The molecule has 0 atom stereocenters. The van der Waals surface area contributed by atoms with E-state index in [1.54, 1.807) is 6.07 Å². The van der Waals surface area contributed by atoms with Gasteiger partial charge in [0.2, 0.25) is 0 Å². The Bertz CT molecular complexity index is 425. The van der Waals surface area contributed by atoms with Gasteiger partial charge in [0, 0.05) is 12.0 Å². The first-order valence-corrected chi connectivity index (χ1v) is 8.49. The van der Waals surface area contributed by atoms with Crippen LogP contribution in [-0.4, -0.2) is 13.1 Å². The summed E-state index contributed by atoms with van der Waals surface area (Å²) in [5, 5.41) is 3.76. The van der Waals surface area contributed by atoms with Gasteiger partial charge < -0.3 is 5.32 Å². The van der Waals surface area contributed by atoms with Crippen molar-refractivity contribution in [2.45, 2.75) is 58.8 Å². The Kier molecular flexibility index (Phi) is 7.69. The summed E-state index contributed by atoms with van der Waals surface area (Å²) >= 11 is 6.01. The Morgan fingerprint density at radius 1 is 1.19 bits per heavy atom. The van der Waals surface area contributed by atoms with Crippen LogP contribution in [0, 0.1) is 11.7 Å². The molecule has 1 aromatic rings. The first-order valence-electron chi connectivity index (χ1n) is 8.12. The smallest absolute Gasteiger partial charge is 0.145 e. The molecule has 120 valence electrons. The van der Waals surface area contributed by atoms with Gasteiger partial charge in [-0.3, -0.25) is 0 Å². The summed E-state index contributed by atoms with van der Waals surface area (Å²) in [5.41, 5.74) is 0.614. The molecule has 1 nitrogen and oxygen atoms in total. The molecule has 0 unspecified atom stereocenters. The quantitative estimate of drug-likeness (QED) is 0.629. The molecule has 21 heavy (non-hydrogen) atoms. The Labute approximate surface area is 134 Å². The third kappa shape index (κ3) is 4.96. The standard InChI is InChI=1S/C18H29ClFN/c1-5-10-18(11-6-2,13-21-12-14(3)4)15-8-7-9-16(19)17(15)20/h7-9,14,21H,5-6,10-13H2,1-4H3. The lowest BCUT2D eigenvalue weighted by Crippen LogP contribution is -2.40. The van der Waals surface area contributed by atoms with E-state index >= 15 is 0 Å². The number of rotatable bonds is 9. The predicted octanol–water partition coefficient (Wildman–Crippen LogP) is 5.56. The second kappa shape index (κ2) is 8.75. The second-order valence-electron chi connectivity index (χ2n) is 6.41. The second-order valence-corrected chi connectivity index (χ2v) is 6.81. The zero-order chi connectivity index (χ0) is 15.9. The summed E-state index contributed by atoms with van der Waals surface area (Å²) in [4.78, 5) is 0. The van der Waals surface area contributed by atoms with Crippen LogP contribution in [0.1, 0.15) is 58.9 Å². The highest BCUT2D eigenvalue weighted by Crippen LogP contribution is 2.37. The van der Waals surface area contributed by atoms with Crippen molar-refractivity contribution in [3.63, 3.8) is 0 Å². The first-order chi connectivity index (χ1) is 9.96. The van der Waals surface area contributed by atoms with E-state index in [4.69, 9.17) is 11.6 Å². The summed E-state index contributed by atoms with van der Waals surface area (Å²) in [6, 6.07) is 5.40. The van der Waals surface area contributed by atoms with Crippen LogP contribution in [0.5, 0.6) is 0 Å². The van der Waals surface area contributed by atoms with Crippen LogP contribution in [0.2, 0.25) is 5.02 Å². The molecule has 1 rings (SSSR count). The Hall–Kier alpha value is -0.600. The highest BCUT2D eigenvalue weighted by atomic mass is 35.5. The minimum absolute atomic E-state index is 0.159. The van der Waals surface area contributed by atoms with E-state index in [1.165, 1.54) is 0 Å². The van der Waals surface area contributed by atoms with Crippen molar-refractivity contribution in [1.82, 2.24) is 5.32 Å². The molecule has 0 saturated heterocycles. The molecule has 0 amide bonds. The van der Waals surface area contributed by atoms with Crippen LogP contribution >= 0.6 is 11.6 Å². The van der Waals surface area contributed by atoms with Crippen molar-refractivity contribution in [2.75, 3.05) is 13.1 Å². The van der Waals surface area contributed by atoms with Crippen LogP contribution in [0.25, 0.3) is 0 Å². The SMILES string of the molecule is CCCC(CCC)(CNCC(C)C)c1cccc(Cl)c1F. The fourth-order valence-corrected chi connectivity index (χ4v) is 3.31. The minimum atomic E-state index is -0.243. The Balaban J connectivity index is 3.11. The highest BCUT2D eigenvalue weighted by Gasteiger charge is 2.33. The molecule has 1 N–H and O–H groups in total. The van der Waals surface area contributed by atoms with Gasteiger partial charge in [-0.25, -0.2) is 4.39 Å². The highest BCUT2D eigenvalue weighted by molar-refractivity contribution is 6.30. The van der Waals surface area contributed by atoms with Gasteiger partial charge in [0.15, 0.2) is 0 Å². The van der Waals surface area contributed by atoms with Crippen LogP contribution in [-0.2, 0) is 5.41 Å². The molecular weight excluding hydrogens is 285 g/mol. The van der Waals surface area contributed by atoms with Crippen molar-refractivity contribution in [2.24, 2.45) is 5.92 Å². The van der Waals surface area contributed by atoms with E-state index in [9.17, 15) is 4.39 Å². The first kappa shape index (κ1) is 18.4. The number of halogens is 2. The van der Waals surface area contributed by atoms with Crippen LogP contribution in [0.3, 0.4) is 0 Å². The summed E-state index contributed by atoms with van der Waals surface area (Å²) in [6.07, 6.45) is 4.02. The average Bonchev–Trinajstić information content (AvgIpc) is 2.42. The maximum absolute atomic E-state index is 14.6. The van der Waals surface area contributed by atoms with Crippen molar-refractivity contribution in [3.8, 4) is 0 Å². The molecule has 1 aromatic carbocycles. The van der Waals surface area contributed by atoms with Gasteiger partial charge in [-0.1, -0.05) is 64.3 Å². The van der Waals surface area contributed by atoms with Crippen LogP contribution < -0.4 is 5.32 Å². The van der Waals surface area contributed by atoms with Crippen molar-refractivity contribution < 1.29 is 4.39 Å². The molecule has 0 bridgehead atoms. The maximum atomic E-state index is 14.6. The minimum Gasteiger partial charge on any atom is -0.316 e. The molecule has 0 aliphatic heterocycles. The third-order valence-corrected chi connectivity index (χ3v) is 4.29. The van der Waals surface area contributed by atoms with Gasteiger partial charge in [-0.2, -0.15) is 0 Å². The Morgan fingerprint density at radius 2 is 1.81 bits per heavy atom. The normalized spacial score (nSPS) is 12.1. The lowest BCUT2D eigenvalue weighted by molar-refractivity contribution is 0.317. The molecule has 3 heteroatoms. The topological polar surface area (TPSA) is 12.0 Å². The number of benzene rings is 1. The number of hydrogen-bond donors (Lipinski definition) is 1. The van der Waals surface area contributed by atoms with E-state index in [-0.39, 0.29) is 16.3 Å². The summed E-state index contributed by atoms with van der Waals surface area (Å²) in [5.74, 6) is 0.350. The molecule has 0 radical (unpaired) electrons. The third-order valence-electron chi connectivity index (χ3n) is 4.00. The lowest BCUT2D eigenvalue weighted by atomic mass is 9.73. The molecule has 0 heterocycles. The molecule has 0 aliphatic rings. The van der Waals surface area contributed by atoms with Gasteiger partial charge in [-0.15, -0.1) is 0 Å². The monoisotopic (exact) mass is 313 g/mol. The summed E-state index contributed by atoms with van der Waals surface area (Å²) < 4.78 is 14.6. The van der Waals surface area contributed by atoms with Crippen molar-refractivity contribution >= 4 is 11.6 Å². The lowest BCUT2D eigenvalue weighted by Gasteiger charge is -2.35. The van der Waals surface area contributed by atoms with Crippen LogP contribution in [0.15, 0.2) is 18.2 Å². The van der Waals surface area contributed by atoms with Gasteiger partial charge in [0.1, 0.15) is 5.82 Å². The summed E-state index contributed by atoms with van der Waals surface area (Å²) in [6.45, 7) is 10.5. The van der Waals surface area contributed by atoms with Crippen molar-refractivity contribution in [3.05, 3.63) is 34.6 Å². The number of hydrogen-bond acceptors (Lipinski definition) is 1. The molecule has 0 fully saturated rings. The molecule has 0 aromatic heterocycles. The summed E-state index contributed by atoms with van der Waals surface area (Å²) in [7, 11) is 0. The van der Waals surface area contributed by atoms with Gasteiger partial charge in [0.05, 0.1) is 5.02 Å². The van der Waals surface area contributed by atoms with E-state index in [0.29, 0.717) is 5.92 Å². The van der Waals surface area contributed by atoms with Gasteiger partial charge in [-0.05, 0) is 36.9 Å². The van der Waals surface area contributed by atoms with E-state index in [0.717, 1.165) is 44.3 Å². The fourth-order valence-electron chi connectivity index (χ4n) is 3.14. The largest absolute Gasteiger partial charge is 0.316 e. The molecule has 0 spiro atoms. The zero-order valence-electron chi connectivity index (χ0n) is 13.8. The fraction of sp³-hybridized carbons (Fsp3) is 0.667.